The second kappa shape index (κ2) is 40.9. The van der Waals surface area contributed by atoms with Crippen LogP contribution in [-0.2, 0) is 62.2 Å². The molecule has 0 unspecified atom stereocenters. The third-order valence-corrected chi connectivity index (χ3v) is 19.1. The van der Waals surface area contributed by atoms with Crippen LogP contribution in [0, 0.1) is 47.3 Å². The molecular weight excluding hydrogens is 1220 g/mol. The van der Waals surface area contributed by atoms with E-state index < -0.39 is 161 Å². The monoisotopic (exact) mass is 1350 g/mol. The Labute approximate surface area is 568 Å². The summed E-state index contributed by atoms with van der Waals surface area (Å²) in [7, 11) is 8.66. The molecule has 0 radical (unpaired) electrons. The van der Waals surface area contributed by atoms with E-state index in [2.05, 4.69) is 20.9 Å². The maximum atomic E-state index is 15.2. The smallest absolute Gasteiger partial charge is 0.245 e. The van der Waals surface area contributed by atoms with Gasteiger partial charge in [0.15, 0.2) is 11.6 Å². The summed E-state index contributed by atoms with van der Waals surface area (Å²) < 4.78 is 11.9. The van der Waals surface area contributed by atoms with E-state index in [1.807, 2.05) is 41.5 Å². The lowest BCUT2D eigenvalue weighted by molar-refractivity contribution is -0.154. The van der Waals surface area contributed by atoms with E-state index in [0.717, 1.165) is 31.0 Å². The van der Waals surface area contributed by atoms with E-state index in [9.17, 15) is 48.6 Å². The van der Waals surface area contributed by atoms with Gasteiger partial charge in [-0.3, -0.25) is 57.6 Å². The number of carbonyl (C=O) groups excluding carboxylic acids is 11. The number of nitrogens with one attached hydrogen (secondary N) is 3. The Morgan fingerprint density at radius 2 is 1.04 bits per heavy atom. The molecule has 0 saturated carbocycles. The van der Waals surface area contributed by atoms with Crippen molar-refractivity contribution in [1.29, 1.82) is 0 Å². The fourth-order valence-electron chi connectivity index (χ4n) is 12.8. The first-order valence-corrected chi connectivity index (χ1v) is 35.1. The predicted molar refractivity (Wildman–Crippen MR) is 365 cm³/mol. The fourth-order valence-corrected chi connectivity index (χ4v) is 12.8. The SMILES string of the molecule is CC[C@@H]1NC(=O)[C@H]([C@H](O)[C@H](C)CCCCO)NC(=O)[C@H](C(C)C)N(C)C(=O)[C@H](CC(C)C)N(C)C(=O)[C@H](CC(C)C)N(C)C(=O)[C@@H](C)NC(=O)[C@H](C)CC(=O)[C@H](CC(C)C)N(C)C(=O)[C@H](C(C)C)CC(=O)[C@H]([C@@H](C)OCCCCN2CCOCC2)N(C)C(=O)[C@@H](C)N(C)C1=O. The Hall–Kier alpha value is -5.63. The topological polar surface area (TPSA) is 305 Å². The van der Waals surface area contributed by atoms with Gasteiger partial charge in [-0.05, 0) is 114 Å². The van der Waals surface area contributed by atoms with Crippen LogP contribution in [0.5, 0.6) is 0 Å². The van der Waals surface area contributed by atoms with Gasteiger partial charge in [-0.25, -0.2) is 0 Å². The number of ether oxygens (including phenoxy) is 2. The first kappa shape index (κ1) is 85.5. The van der Waals surface area contributed by atoms with Crippen LogP contribution in [0.1, 0.15) is 181 Å². The Kier molecular flexibility index (Phi) is 36.8. The molecule has 2 saturated heterocycles. The number of hydrogen-bond acceptors (Lipinski definition) is 16. The van der Waals surface area contributed by atoms with Gasteiger partial charge in [-0.1, -0.05) is 96.4 Å². The molecule has 25 nitrogen and oxygen atoms in total. The highest BCUT2D eigenvalue weighted by molar-refractivity contribution is 6.00. The maximum Gasteiger partial charge on any atom is 0.245 e. The van der Waals surface area contributed by atoms with E-state index >= 15 is 14.4 Å². The quantitative estimate of drug-likeness (QED) is 0.0951. The largest absolute Gasteiger partial charge is 0.396 e. The summed E-state index contributed by atoms with van der Waals surface area (Å²) in [6.07, 6.45) is -0.0562. The van der Waals surface area contributed by atoms with Crippen LogP contribution in [0.25, 0.3) is 0 Å². The molecular formula is C70H126N10O15. The zero-order valence-corrected chi connectivity index (χ0v) is 62.0. The highest BCUT2D eigenvalue weighted by atomic mass is 16.5. The molecule has 0 aromatic carbocycles. The Morgan fingerprint density at radius 1 is 0.526 bits per heavy atom. The summed E-state index contributed by atoms with van der Waals surface area (Å²) in [6, 6.07) is -11.4. The van der Waals surface area contributed by atoms with Crippen molar-refractivity contribution in [3.8, 4) is 0 Å². The first-order chi connectivity index (χ1) is 44.3. The number of aliphatic hydroxyl groups excluding tert-OH is 2. The van der Waals surface area contributed by atoms with Gasteiger partial charge in [-0.15, -0.1) is 0 Å². The molecule has 95 heavy (non-hydrogen) atoms. The molecule has 546 valence electrons. The summed E-state index contributed by atoms with van der Waals surface area (Å²) in [6.45, 7) is 31.6. The summed E-state index contributed by atoms with van der Waals surface area (Å²) >= 11 is 0. The minimum atomic E-state index is -1.71. The average molecular weight is 1350 g/mol. The lowest BCUT2D eigenvalue weighted by atomic mass is 9.85. The number of aliphatic hydroxyl groups is 2. The van der Waals surface area contributed by atoms with Crippen molar-refractivity contribution in [2.45, 2.75) is 248 Å². The maximum absolute atomic E-state index is 15.2. The lowest BCUT2D eigenvalue weighted by Gasteiger charge is -2.40. The van der Waals surface area contributed by atoms with Gasteiger partial charge in [0.2, 0.25) is 53.2 Å². The molecule has 0 aromatic heterocycles. The third-order valence-electron chi connectivity index (χ3n) is 19.1. The fraction of sp³-hybridized carbons (Fsp3) is 0.843. The Bertz CT molecular complexity index is 2510. The molecule has 0 aromatic rings. The minimum Gasteiger partial charge on any atom is -0.396 e. The Balaban J connectivity index is 2.97. The van der Waals surface area contributed by atoms with Gasteiger partial charge in [-0.2, -0.15) is 0 Å². The predicted octanol–water partition coefficient (Wildman–Crippen LogP) is 4.16. The number of hydrogen-bond donors (Lipinski definition) is 5. The number of amides is 9. The van der Waals surface area contributed by atoms with Crippen molar-refractivity contribution in [3.63, 3.8) is 0 Å². The summed E-state index contributed by atoms with van der Waals surface area (Å²) in [5.74, 6) is -11.2. The van der Waals surface area contributed by atoms with Crippen molar-refractivity contribution < 1.29 is 72.4 Å². The Morgan fingerprint density at radius 3 is 1.56 bits per heavy atom. The number of carbonyl (C=O) groups is 11. The number of rotatable bonds is 22. The lowest BCUT2D eigenvalue weighted by Crippen LogP contribution is -2.63. The van der Waals surface area contributed by atoms with Gasteiger partial charge < -0.3 is 65.0 Å². The molecule has 2 heterocycles. The number of Topliss-reactive ketones (excluding diaryl/α,β-unsaturated/α-hetero) is 2. The third kappa shape index (κ3) is 25.3. The number of morpholine rings is 1. The summed E-state index contributed by atoms with van der Waals surface area (Å²) in [4.78, 5) is 173. The number of ketones is 2. The van der Waals surface area contributed by atoms with Crippen molar-refractivity contribution >= 4 is 64.7 Å². The van der Waals surface area contributed by atoms with Crippen molar-refractivity contribution in [2.75, 3.05) is 88.3 Å². The molecule has 0 aliphatic carbocycles. The highest BCUT2D eigenvalue weighted by Crippen LogP contribution is 2.28. The van der Waals surface area contributed by atoms with Crippen molar-refractivity contribution in [2.24, 2.45) is 47.3 Å². The highest BCUT2D eigenvalue weighted by Gasteiger charge is 2.45. The number of unbranched alkanes of at least 4 members (excludes halogenated alkanes) is 2. The van der Waals surface area contributed by atoms with Gasteiger partial charge in [0.1, 0.15) is 48.3 Å². The first-order valence-electron chi connectivity index (χ1n) is 35.1. The average Bonchev–Trinajstić information content (AvgIpc) is 0.826. The number of nitrogens with zero attached hydrogens (tertiary/aromatic N) is 7. The molecule has 25 heteroatoms. The molecule has 2 rings (SSSR count). The molecule has 14 atom stereocenters. The van der Waals surface area contributed by atoms with Crippen LogP contribution in [0.15, 0.2) is 0 Å². The number of likely N-dealkylation sites (N-methyl/N-ethyl adjacent to an activating group) is 6. The second-order valence-corrected chi connectivity index (χ2v) is 29.1. The van der Waals surface area contributed by atoms with Crippen LogP contribution in [0.2, 0.25) is 0 Å². The minimum absolute atomic E-state index is 0.0148. The molecule has 0 bridgehead atoms. The van der Waals surface area contributed by atoms with E-state index in [-0.39, 0.29) is 69.5 Å². The van der Waals surface area contributed by atoms with Crippen molar-refractivity contribution in [3.05, 3.63) is 0 Å². The van der Waals surface area contributed by atoms with Crippen LogP contribution in [-0.4, -0.2) is 264 Å². The van der Waals surface area contributed by atoms with Crippen LogP contribution >= 0.6 is 0 Å². The molecule has 2 fully saturated rings. The standard InChI is InChI=1S/C70H126N10O15/c1-23-52-68(91)74(17)49(15)66(89)79(22)60(50(16)95-33-27-25-29-80-30-34-94-35-31-80)57(83)40-51(44(8)9)67(90)75(18)53(36-41(2)3)56(82)39-47(13)62(85)71-48(14)65(88)76(19)54(37-42(4)5)69(92)77(20)55(38-43(6)7)70(93)78(21)59(45(10)11)64(87)73-58(63(86)72-52)61(84)46(12)28-24-26-32-81/h41-55,58-61,81,84H,23-40H2,1-22H3,(H,71,85)(H,72,86)(H,73,87)/t46-,47-,48-,49-,50-,51+,52+,53+,54+,55+,58+,59+,60+,61-/m1/s1. The van der Waals surface area contributed by atoms with E-state index in [1.54, 1.807) is 55.4 Å². The summed E-state index contributed by atoms with van der Waals surface area (Å²) in [5, 5.41) is 29.9. The van der Waals surface area contributed by atoms with Gasteiger partial charge in [0, 0.05) is 93.3 Å². The zero-order chi connectivity index (χ0) is 72.6. The van der Waals surface area contributed by atoms with Gasteiger partial charge in [0.25, 0.3) is 0 Å². The normalized spacial score (nSPS) is 27.5. The van der Waals surface area contributed by atoms with Crippen LogP contribution in [0.4, 0.5) is 0 Å². The van der Waals surface area contributed by atoms with Crippen molar-refractivity contribution in [1.82, 2.24) is 50.2 Å². The van der Waals surface area contributed by atoms with Crippen LogP contribution < -0.4 is 16.0 Å². The summed E-state index contributed by atoms with van der Waals surface area (Å²) in [5.41, 5.74) is 0. The molecule has 0 spiro atoms. The molecule has 2 aliphatic heterocycles. The second-order valence-electron chi connectivity index (χ2n) is 29.1. The molecule has 5 N–H and O–H groups in total. The van der Waals surface area contributed by atoms with Crippen LogP contribution in [0.3, 0.4) is 0 Å². The van der Waals surface area contributed by atoms with E-state index in [4.69, 9.17) is 9.47 Å². The zero-order valence-electron chi connectivity index (χ0n) is 62.0. The van der Waals surface area contributed by atoms with E-state index in [1.165, 1.54) is 80.6 Å². The van der Waals surface area contributed by atoms with E-state index in [0.29, 0.717) is 38.9 Å². The van der Waals surface area contributed by atoms with Gasteiger partial charge >= 0.3 is 0 Å². The molecule has 2 aliphatic rings. The van der Waals surface area contributed by atoms with Gasteiger partial charge in [0.05, 0.1) is 31.5 Å². The molecule has 9 amide bonds.